The van der Waals surface area contributed by atoms with Crippen molar-refractivity contribution in [1.29, 1.82) is 0 Å². The number of nitrogens with one attached hydrogen (secondary N) is 2. The van der Waals surface area contributed by atoms with Crippen LogP contribution in [0.15, 0.2) is 48.5 Å². The lowest BCUT2D eigenvalue weighted by Crippen LogP contribution is -2.46. The molecule has 0 aromatic heterocycles. The summed E-state index contributed by atoms with van der Waals surface area (Å²) >= 11 is 6.11. The molecule has 2 amide bonds. The minimum Gasteiger partial charge on any atom is -0.351 e. The van der Waals surface area contributed by atoms with Crippen LogP contribution in [0.1, 0.15) is 24.5 Å². The van der Waals surface area contributed by atoms with Gasteiger partial charge in [0.05, 0.1) is 0 Å². The summed E-state index contributed by atoms with van der Waals surface area (Å²) in [7, 11) is 0. The van der Waals surface area contributed by atoms with Gasteiger partial charge in [0.15, 0.2) is 0 Å². The van der Waals surface area contributed by atoms with Crippen molar-refractivity contribution in [3.8, 4) is 0 Å². The van der Waals surface area contributed by atoms with Crippen LogP contribution in [0.2, 0.25) is 5.02 Å². The predicted octanol–water partition coefficient (Wildman–Crippen LogP) is 3.26. The summed E-state index contributed by atoms with van der Waals surface area (Å²) in [6.45, 7) is 2.37. The minimum absolute atomic E-state index is 0.225. The van der Waals surface area contributed by atoms with Gasteiger partial charge in [-0.2, -0.15) is 0 Å². The van der Waals surface area contributed by atoms with E-state index in [1.165, 1.54) is 0 Å². The van der Waals surface area contributed by atoms with Gasteiger partial charge >= 0.3 is 0 Å². The maximum Gasteiger partial charge on any atom is 0.241 e. The molecule has 0 bridgehead atoms. The van der Waals surface area contributed by atoms with Crippen LogP contribution in [0.5, 0.6) is 0 Å². The molecule has 2 aliphatic rings. The van der Waals surface area contributed by atoms with E-state index in [-0.39, 0.29) is 11.8 Å². The fourth-order valence-corrected chi connectivity index (χ4v) is 3.99. The summed E-state index contributed by atoms with van der Waals surface area (Å²) in [4.78, 5) is 25.5. The second kappa shape index (κ2) is 5.08. The number of hydrogen-bond donors (Lipinski definition) is 2. The van der Waals surface area contributed by atoms with E-state index in [0.29, 0.717) is 18.0 Å². The predicted molar refractivity (Wildman–Crippen MR) is 92.8 cm³/mol. The largest absolute Gasteiger partial charge is 0.351 e. The van der Waals surface area contributed by atoms with Crippen LogP contribution in [-0.2, 0) is 21.5 Å². The van der Waals surface area contributed by atoms with Gasteiger partial charge in [-0.3, -0.25) is 9.59 Å². The van der Waals surface area contributed by atoms with Crippen LogP contribution in [0.3, 0.4) is 0 Å². The third kappa shape index (κ3) is 1.99. The summed E-state index contributed by atoms with van der Waals surface area (Å²) in [6, 6.07) is 15.1. The molecular formula is C19H17ClN2O2. The van der Waals surface area contributed by atoms with Gasteiger partial charge in [0.2, 0.25) is 11.8 Å². The second-order valence-electron chi connectivity index (χ2n) is 6.73. The number of amides is 2. The Kier molecular flexibility index (Phi) is 3.22. The van der Waals surface area contributed by atoms with Crippen LogP contribution in [0, 0.1) is 5.41 Å². The molecule has 0 radical (unpaired) electrons. The molecule has 1 fully saturated rings. The molecule has 2 N–H and O–H groups in total. The lowest BCUT2D eigenvalue weighted by Gasteiger charge is -2.29. The van der Waals surface area contributed by atoms with Crippen molar-refractivity contribution in [3.63, 3.8) is 0 Å². The van der Waals surface area contributed by atoms with Crippen molar-refractivity contribution < 1.29 is 9.59 Å². The van der Waals surface area contributed by atoms with E-state index in [1.807, 2.05) is 43.3 Å². The first-order valence-corrected chi connectivity index (χ1v) is 8.29. The van der Waals surface area contributed by atoms with Crippen LogP contribution in [-0.4, -0.2) is 11.8 Å². The fourth-order valence-electron chi connectivity index (χ4n) is 3.82. The van der Waals surface area contributed by atoms with Crippen molar-refractivity contribution in [1.82, 2.24) is 5.32 Å². The van der Waals surface area contributed by atoms with E-state index in [1.54, 1.807) is 12.1 Å². The first kappa shape index (κ1) is 15.2. The molecule has 5 heteroatoms. The number of fused-ring (bicyclic) bond motifs is 3. The van der Waals surface area contributed by atoms with Gasteiger partial charge in [-0.05, 0) is 35.7 Å². The summed E-state index contributed by atoms with van der Waals surface area (Å²) in [5.74, 6) is -0.456. The molecular weight excluding hydrogens is 324 g/mol. The molecule has 2 aromatic carbocycles. The van der Waals surface area contributed by atoms with E-state index >= 15 is 0 Å². The molecule has 1 saturated carbocycles. The van der Waals surface area contributed by atoms with Crippen molar-refractivity contribution >= 4 is 29.1 Å². The average molecular weight is 341 g/mol. The minimum atomic E-state index is -1.04. The molecule has 2 aromatic rings. The highest BCUT2D eigenvalue weighted by Gasteiger charge is 2.76. The van der Waals surface area contributed by atoms with Crippen molar-refractivity contribution in [2.24, 2.45) is 5.41 Å². The standard InChI is InChI=1S/C19H17ClN2O2/c1-18-11-19(18,16(23)21-10-12-5-3-2-4-6-12)17(24)22-15-8-7-13(20)9-14(15)18/h2-9H,10-11H2,1H3,(H,21,23)(H,22,24). The Morgan fingerprint density at radius 3 is 2.75 bits per heavy atom. The van der Waals surface area contributed by atoms with Crippen LogP contribution < -0.4 is 10.6 Å². The Balaban J connectivity index is 1.62. The van der Waals surface area contributed by atoms with E-state index in [0.717, 1.165) is 16.8 Å². The van der Waals surface area contributed by atoms with Gasteiger partial charge in [-0.15, -0.1) is 0 Å². The van der Waals surface area contributed by atoms with Crippen LogP contribution in [0.4, 0.5) is 5.69 Å². The SMILES string of the molecule is CC12CC1(C(=O)NCc1ccccc1)C(=O)Nc1ccc(Cl)cc12. The number of rotatable bonds is 3. The summed E-state index contributed by atoms with van der Waals surface area (Å²) in [5.41, 5.74) is 1.14. The van der Waals surface area contributed by atoms with Gasteiger partial charge in [-0.1, -0.05) is 48.9 Å². The third-order valence-electron chi connectivity index (χ3n) is 5.33. The smallest absolute Gasteiger partial charge is 0.241 e. The highest BCUT2D eigenvalue weighted by atomic mass is 35.5. The van der Waals surface area contributed by atoms with E-state index in [4.69, 9.17) is 11.6 Å². The third-order valence-corrected chi connectivity index (χ3v) is 5.57. The second-order valence-corrected chi connectivity index (χ2v) is 7.16. The van der Waals surface area contributed by atoms with Crippen LogP contribution >= 0.6 is 11.6 Å². The molecule has 1 aliphatic heterocycles. The first-order chi connectivity index (χ1) is 11.5. The fraction of sp³-hybridized carbons (Fsp3) is 0.263. The van der Waals surface area contributed by atoms with Crippen molar-refractivity contribution in [2.75, 3.05) is 5.32 Å². The zero-order valence-electron chi connectivity index (χ0n) is 13.2. The average Bonchev–Trinajstić information content (AvgIpc) is 3.24. The van der Waals surface area contributed by atoms with Gasteiger partial charge in [0.25, 0.3) is 0 Å². The molecule has 4 nitrogen and oxygen atoms in total. The molecule has 0 saturated heterocycles. The lowest BCUT2D eigenvalue weighted by atomic mass is 9.82. The Hall–Kier alpha value is -2.33. The van der Waals surface area contributed by atoms with Gasteiger partial charge in [-0.25, -0.2) is 0 Å². The number of anilines is 1. The first-order valence-electron chi connectivity index (χ1n) is 7.91. The quantitative estimate of drug-likeness (QED) is 0.843. The van der Waals surface area contributed by atoms with Gasteiger partial charge in [0.1, 0.15) is 5.41 Å². The Morgan fingerprint density at radius 1 is 1.25 bits per heavy atom. The molecule has 1 heterocycles. The maximum atomic E-state index is 12.8. The summed E-state index contributed by atoms with van der Waals surface area (Å²) in [6.07, 6.45) is 0.500. The highest BCUT2D eigenvalue weighted by Crippen LogP contribution is 2.68. The molecule has 2 atom stereocenters. The maximum absolute atomic E-state index is 12.8. The summed E-state index contributed by atoms with van der Waals surface area (Å²) < 4.78 is 0. The number of carbonyl (C=O) groups is 2. The Bertz CT molecular complexity index is 852. The molecule has 2 unspecified atom stereocenters. The molecule has 0 spiro atoms. The molecule has 4 rings (SSSR count). The highest BCUT2D eigenvalue weighted by molar-refractivity contribution is 6.31. The molecule has 24 heavy (non-hydrogen) atoms. The number of carbonyl (C=O) groups excluding carboxylic acids is 2. The number of benzene rings is 2. The van der Waals surface area contributed by atoms with Crippen LogP contribution in [0.25, 0.3) is 0 Å². The van der Waals surface area contributed by atoms with E-state index in [2.05, 4.69) is 10.6 Å². The van der Waals surface area contributed by atoms with Gasteiger partial charge in [0, 0.05) is 22.7 Å². The van der Waals surface area contributed by atoms with Crippen molar-refractivity contribution in [2.45, 2.75) is 25.3 Å². The van der Waals surface area contributed by atoms with E-state index in [9.17, 15) is 9.59 Å². The van der Waals surface area contributed by atoms with E-state index < -0.39 is 10.8 Å². The van der Waals surface area contributed by atoms with Gasteiger partial charge < -0.3 is 10.6 Å². The molecule has 122 valence electrons. The Morgan fingerprint density at radius 2 is 2.00 bits per heavy atom. The zero-order valence-corrected chi connectivity index (χ0v) is 14.0. The lowest BCUT2D eigenvalue weighted by molar-refractivity contribution is -0.135. The summed E-state index contributed by atoms with van der Waals surface area (Å²) in [5, 5.41) is 6.39. The normalized spacial score (nSPS) is 26.8. The van der Waals surface area contributed by atoms with Crippen molar-refractivity contribution in [3.05, 3.63) is 64.7 Å². The Labute approximate surface area is 145 Å². The molecule has 1 aliphatic carbocycles. The topological polar surface area (TPSA) is 58.2 Å². The zero-order chi connectivity index (χ0) is 16.9. The number of halogens is 1. The number of hydrogen-bond acceptors (Lipinski definition) is 2. The monoisotopic (exact) mass is 340 g/mol.